The molecule has 0 bridgehead atoms. The van der Waals surface area contributed by atoms with Crippen molar-refractivity contribution in [2.24, 2.45) is 4.99 Å². The van der Waals surface area contributed by atoms with E-state index in [1.54, 1.807) is 49.4 Å². The highest BCUT2D eigenvalue weighted by Crippen LogP contribution is 2.32. The van der Waals surface area contributed by atoms with E-state index in [2.05, 4.69) is 16.9 Å². The predicted octanol–water partition coefficient (Wildman–Crippen LogP) is 9.55. The largest absolute Gasteiger partial charge is 0.344 e. The summed E-state index contributed by atoms with van der Waals surface area (Å²) in [7, 11) is 0. The highest BCUT2D eigenvalue weighted by Gasteiger charge is 2.35. The summed E-state index contributed by atoms with van der Waals surface area (Å²) in [4.78, 5) is 59.6. The third-order valence-electron chi connectivity index (χ3n) is 9.06. The number of amidine groups is 1. The Kier molecular flexibility index (Phi) is 13.0. The maximum atomic E-state index is 14.3. The van der Waals surface area contributed by atoms with E-state index in [0.717, 1.165) is 49.8 Å². The van der Waals surface area contributed by atoms with Gasteiger partial charge in [-0.3, -0.25) is 29.4 Å². The molecule has 2 heterocycles. The Hall–Kier alpha value is -6.50. The molecule has 10 nitrogen and oxygen atoms in total. The molecule has 0 unspecified atom stereocenters. The molecule has 0 spiro atoms. The summed E-state index contributed by atoms with van der Waals surface area (Å²) < 4.78 is 2.04. The molecule has 0 aliphatic carbocycles. The number of nitro groups is 1. The van der Waals surface area contributed by atoms with Gasteiger partial charge in [0.15, 0.2) is 5.17 Å². The van der Waals surface area contributed by atoms with Gasteiger partial charge in [0.05, 0.1) is 16.7 Å². The summed E-state index contributed by atoms with van der Waals surface area (Å²) in [5.74, 6) is -1.66. The van der Waals surface area contributed by atoms with Gasteiger partial charge < -0.3 is 9.88 Å². The number of aromatic nitrogens is 1. The van der Waals surface area contributed by atoms with Crippen LogP contribution in [0, 0.1) is 24.0 Å². The fourth-order valence-corrected chi connectivity index (χ4v) is 7.94. The summed E-state index contributed by atoms with van der Waals surface area (Å²) >= 11 is 2.50. The number of nitrogens with one attached hydrogen (secondary N) is 1. The number of thioether (sulfide) groups is 1. The standard InChI is InChI=1S/C45H39N5O5S2/c1-5-7-18-35(6-2)49-44(53)40(43(52)47-45(49)56-29-41(51)46-42(32-14-10-8-11-15-32)33-16-12-9-13-17-33)28-34-27-30(3)48(31(34)4)36-19-23-38(24-20-36)57-39-25-21-37(22-26-39)50(54)55/h5-28,42H,1,29H2,2-4H3,(H,46,51)/b18-7-,35-6+,40-28+. The highest BCUT2D eigenvalue weighted by atomic mass is 32.2. The first-order valence-electron chi connectivity index (χ1n) is 18.0. The molecule has 1 aromatic heterocycles. The topological polar surface area (TPSA) is 127 Å². The van der Waals surface area contributed by atoms with Crippen LogP contribution in [-0.4, -0.2) is 43.0 Å². The second kappa shape index (κ2) is 18.4. The molecule has 5 aromatic rings. The number of allylic oxidation sites excluding steroid dienone is 4. The van der Waals surface area contributed by atoms with Crippen LogP contribution in [0.4, 0.5) is 5.69 Å². The molecule has 3 amide bonds. The van der Waals surface area contributed by atoms with Crippen molar-refractivity contribution in [3.8, 4) is 5.69 Å². The lowest BCUT2D eigenvalue weighted by molar-refractivity contribution is -0.384. The number of hydrogen-bond acceptors (Lipinski definition) is 7. The van der Waals surface area contributed by atoms with Crippen LogP contribution in [0.25, 0.3) is 11.8 Å². The highest BCUT2D eigenvalue weighted by molar-refractivity contribution is 8.14. The average molecular weight is 794 g/mol. The van der Waals surface area contributed by atoms with Gasteiger partial charge in [-0.2, -0.15) is 4.99 Å². The second-order valence-corrected chi connectivity index (χ2v) is 14.9. The van der Waals surface area contributed by atoms with Crippen molar-refractivity contribution >= 4 is 58.2 Å². The van der Waals surface area contributed by atoms with E-state index in [0.29, 0.717) is 11.3 Å². The molecule has 6 rings (SSSR count). The molecule has 286 valence electrons. The number of carbonyl (C=O) groups is 3. The minimum atomic E-state index is -0.703. The van der Waals surface area contributed by atoms with Crippen LogP contribution in [0.15, 0.2) is 172 Å². The molecular weight excluding hydrogens is 755 g/mol. The van der Waals surface area contributed by atoms with Gasteiger partial charge in [-0.25, -0.2) is 0 Å². The van der Waals surface area contributed by atoms with Crippen molar-refractivity contribution in [3.05, 3.63) is 196 Å². The van der Waals surface area contributed by atoms with Crippen LogP contribution in [0.1, 0.15) is 41.0 Å². The Labute approximate surface area is 339 Å². The van der Waals surface area contributed by atoms with Gasteiger partial charge in [-0.1, -0.05) is 109 Å². The molecule has 0 saturated carbocycles. The Morgan fingerprint density at radius 1 is 0.912 bits per heavy atom. The smallest absolute Gasteiger partial charge is 0.285 e. The maximum Gasteiger partial charge on any atom is 0.285 e. The molecule has 12 heteroatoms. The van der Waals surface area contributed by atoms with E-state index in [4.69, 9.17) is 0 Å². The molecule has 1 aliphatic heterocycles. The zero-order valence-corrected chi connectivity index (χ0v) is 33.1. The number of non-ortho nitro benzene ring substituents is 1. The van der Waals surface area contributed by atoms with Gasteiger partial charge in [0, 0.05) is 44.7 Å². The second-order valence-electron chi connectivity index (χ2n) is 12.8. The van der Waals surface area contributed by atoms with Crippen molar-refractivity contribution in [3.63, 3.8) is 0 Å². The number of aryl methyl sites for hydroxylation is 1. The van der Waals surface area contributed by atoms with E-state index >= 15 is 0 Å². The molecule has 1 N–H and O–H groups in total. The lowest BCUT2D eigenvalue weighted by Crippen LogP contribution is -2.42. The number of benzene rings is 4. The van der Waals surface area contributed by atoms with Crippen LogP contribution < -0.4 is 5.32 Å². The maximum absolute atomic E-state index is 14.3. The lowest BCUT2D eigenvalue weighted by Gasteiger charge is -2.28. The number of amides is 3. The number of hydrogen-bond donors (Lipinski definition) is 1. The Morgan fingerprint density at radius 3 is 2.07 bits per heavy atom. The molecular formula is C45H39N5O5S2. The Bertz CT molecular complexity index is 2400. The fourth-order valence-electron chi connectivity index (χ4n) is 6.32. The summed E-state index contributed by atoms with van der Waals surface area (Å²) in [6, 6.07) is 35.1. The first-order chi connectivity index (χ1) is 27.6. The third kappa shape index (κ3) is 9.49. The van der Waals surface area contributed by atoms with E-state index < -0.39 is 22.8 Å². The van der Waals surface area contributed by atoms with Crippen LogP contribution in [-0.2, 0) is 14.4 Å². The fraction of sp³-hybridized carbons (Fsp3) is 0.111. The first kappa shape index (κ1) is 40.2. The first-order valence-corrected chi connectivity index (χ1v) is 19.8. The number of nitrogens with zero attached hydrogens (tertiary/aromatic N) is 4. The summed E-state index contributed by atoms with van der Waals surface area (Å²) in [5, 5.41) is 14.2. The van der Waals surface area contributed by atoms with Crippen molar-refractivity contribution in [1.82, 2.24) is 14.8 Å². The van der Waals surface area contributed by atoms with Crippen LogP contribution in [0.2, 0.25) is 0 Å². The Morgan fingerprint density at radius 2 is 1.51 bits per heavy atom. The van der Waals surface area contributed by atoms with Crippen molar-refractivity contribution in [1.29, 1.82) is 0 Å². The predicted molar refractivity (Wildman–Crippen MR) is 228 cm³/mol. The van der Waals surface area contributed by atoms with Crippen molar-refractivity contribution in [2.75, 3.05) is 5.75 Å². The quantitative estimate of drug-likeness (QED) is 0.0414. The molecule has 0 radical (unpaired) electrons. The molecule has 57 heavy (non-hydrogen) atoms. The zero-order chi connectivity index (χ0) is 40.5. The van der Waals surface area contributed by atoms with Crippen molar-refractivity contribution in [2.45, 2.75) is 36.6 Å². The summed E-state index contributed by atoms with van der Waals surface area (Å²) in [5.41, 5.74) is 5.49. The average Bonchev–Trinajstić information content (AvgIpc) is 3.51. The number of aliphatic imine (C=N–C) groups is 1. The molecule has 0 atom stereocenters. The molecule has 1 aliphatic rings. The molecule has 4 aromatic carbocycles. The van der Waals surface area contributed by atoms with Gasteiger partial charge in [-0.05, 0) is 92.1 Å². The van der Waals surface area contributed by atoms with E-state index in [1.165, 1.54) is 28.8 Å². The zero-order valence-electron chi connectivity index (χ0n) is 31.5. The van der Waals surface area contributed by atoms with Gasteiger partial charge in [-0.15, -0.1) is 0 Å². The lowest BCUT2D eigenvalue weighted by atomic mass is 9.99. The van der Waals surface area contributed by atoms with Crippen LogP contribution >= 0.6 is 23.5 Å². The number of nitro benzene ring substituents is 1. The normalized spacial score (nSPS) is 14.0. The van der Waals surface area contributed by atoms with E-state index in [-0.39, 0.29) is 28.1 Å². The summed E-state index contributed by atoms with van der Waals surface area (Å²) in [6.45, 7) is 9.39. The van der Waals surface area contributed by atoms with Gasteiger partial charge in [0.1, 0.15) is 5.57 Å². The SMILES string of the molecule is C=C/C=C\C(=C/C)N1C(=O)/C(=C/c2cc(C)n(-c3ccc(Sc4ccc([N+](=O)[O-])cc4)cc3)c2C)C(=O)N=C1SCC(=O)NC(c1ccccc1)c1ccccc1. The Balaban J connectivity index is 1.24. The summed E-state index contributed by atoms with van der Waals surface area (Å²) in [6.07, 6.45) is 8.27. The van der Waals surface area contributed by atoms with Crippen LogP contribution in [0.3, 0.4) is 0 Å². The van der Waals surface area contributed by atoms with Crippen molar-refractivity contribution < 1.29 is 19.3 Å². The molecule has 0 saturated heterocycles. The van der Waals surface area contributed by atoms with Crippen LogP contribution in [0.5, 0.6) is 0 Å². The molecule has 0 fully saturated rings. The number of carbonyl (C=O) groups excluding carboxylic acids is 3. The van der Waals surface area contributed by atoms with Gasteiger partial charge in [0.25, 0.3) is 17.5 Å². The van der Waals surface area contributed by atoms with E-state index in [9.17, 15) is 24.5 Å². The monoisotopic (exact) mass is 793 g/mol. The van der Waals surface area contributed by atoms with Gasteiger partial charge >= 0.3 is 0 Å². The minimum absolute atomic E-state index is 0.0397. The minimum Gasteiger partial charge on any atom is -0.344 e. The number of rotatable bonds is 13. The third-order valence-corrected chi connectivity index (χ3v) is 11.0. The van der Waals surface area contributed by atoms with E-state index in [1.807, 2.05) is 109 Å². The van der Waals surface area contributed by atoms with Gasteiger partial charge in [0.2, 0.25) is 5.91 Å².